The molecule has 1 aliphatic heterocycles. The normalized spacial score (nSPS) is 17.0. The minimum Gasteiger partial charge on any atom is -0.507 e. The highest BCUT2D eigenvalue weighted by Gasteiger charge is 2.30. The molecule has 7 heteroatoms. The zero-order valence-corrected chi connectivity index (χ0v) is 17.4. The van der Waals surface area contributed by atoms with Crippen LogP contribution in [0.2, 0.25) is 5.02 Å². The Kier molecular flexibility index (Phi) is 6.78. The summed E-state index contributed by atoms with van der Waals surface area (Å²) in [5, 5.41) is 11.4. The number of likely N-dealkylation sites (N-methyl/N-ethyl adjacent to an activating group) is 1. The van der Waals surface area contributed by atoms with Crippen LogP contribution in [-0.2, 0) is 11.3 Å². The van der Waals surface area contributed by atoms with Gasteiger partial charge in [0.2, 0.25) is 0 Å². The van der Waals surface area contributed by atoms with Gasteiger partial charge in [0, 0.05) is 50.6 Å². The van der Waals surface area contributed by atoms with Gasteiger partial charge in [-0.25, -0.2) is 0 Å². The van der Waals surface area contributed by atoms with Gasteiger partial charge in [0.05, 0.1) is 18.2 Å². The van der Waals surface area contributed by atoms with Gasteiger partial charge in [-0.15, -0.1) is 0 Å². The molecule has 1 fully saturated rings. The number of halogens is 1. The lowest BCUT2D eigenvalue weighted by atomic mass is 9.96. The summed E-state index contributed by atoms with van der Waals surface area (Å²) in [5.74, 6) is 0.0371. The Balaban J connectivity index is 2.12. The third-order valence-corrected chi connectivity index (χ3v) is 5.66. The Bertz CT molecular complexity index is 858. The zero-order valence-electron chi connectivity index (χ0n) is 16.7. The summed E-state index contributed by atoms with van der Waals surface area (Å²) in [7, 11) is 3.71. The molecule has 1 atom stereocenters. The van der Waals surface area contributed by atoms with E-state index in [1.165, 1.54) is 0 Å². The van der Waals surface area contributed by atoms with Crippen molar-refractivity contribution in [3.63, 3.8) is 0 Å². The first-order chi connectivity index (χ1) is 13.4. The van der Waals surface area contributed by atoms with Gasteiger partial charge in [-0.3, -0.25) is 9.69 Å². The van der Waals surface area contributed by atoms with Crippen LogP contribution < -0.4 is 5.56 Å². The van der Waals surface area contributed by atoms with Gasteiger partial charge >= 0.3 is 0 Å². The van der Waals surface area contributed by atoms with Crippen molar-refractivity contribution >= 4 is 11.6 Å². The number of aromatic nitrogens is 1. The van der Waals surface area contributed by atoms with Crippen molar-refractivity contribution in [2.75, 3.05) is 46.9 Å². The molecule has 152 valence electrons. The fourth-order valence-corrected chi connectivity index (χ4v) is 3.90. The molecule has 6 nitrogen and oxygen atoms in total. The fourth-order valence-electron chi connectivity index (χ4n) is 3.77. The van der Waals surface area contributed by atoms with E-state index in [-0.39, 0.29) is 17.4 Å². The second-order valence-corrected chi connectivity index (χ2v) is 7.76. The maximum Gasteiger partial charge on any atom is 0.259 e. The van der Waals surface area contributed by atoms with E-state index in [1.54, 1.807) is 17.7 Å². The molecule has 0 bridgehead atoms. The van der Waals surface area contributed by atoms with Crippen molar-refractivity contribution < 1.29 is 9.84 Å². The van der Waals surface area contributed by atoms with E-state index in [9.17, 15) is 9.90 Å². The summed E-state index contributed by atoms with van der Waals surface area (Å²) in [6.45, 7) is 6.16. The van der Waals surface area contributed by atoms with E-state index in [0.717, 1.165) is 37.4 Å². The molecule has 0 saturated carbocycles. The number of aromatic hydroxyl groups is 1. The number of rotatable bonds is 6. The fraction of sp³-hybridized carbons (Fsp3) is 0.476. The van der Waals surface area contributed by atoms with E-state index < -0.39 is 0 Å². The summed E-state index contributed by atoms with van der Waals surface area (Å²) < 4.78 is 6.84. The lowest BCUT2D eigenvalue weighted by Crippen LogP contribution is -2.47. The van der Waals surface area contributed by atoms with Gasteiger partial charge < -0.3 is 19.3 Å². The van der Waals surface area contributed by atoms with Crippen molar-refractivity contribution in [2.24, 2.45) is 0 Å². The quantitative estimate of drug-likeness (QED) is 0.800. The standard InChI is InChI=1S/C21H28ClN3O3/c1-15-14-18(26)19(21(27)25(15)12-13-28-3)20(16-4-6-17(22)7-5-16)24-10-8-23(2)9-11-24/h4-7,14,20,26H,8-13H2,1-3H3/t20-/m0/s1. The maximum atomic E-state index is 13.4. The highest BCUT2D eigenvalue weighted by molar-refractivity contribution is 6.30. The monoisotopic (exact) mass is 405 g/mol. The first-order valence-corrected chi connectivity index (χ1v) is 9.90. The van der Waals surface area contributed by atoms with Gasteiger partial charge in [0.1, 0.15) is 5.75 Å². The van der Waals surface area contributed by atoms with Crippen molar-refractivity contribution in [2.45, 2.75) is 19.5 Å². The third-order valence-electron chi connectivity index (χ3n) is 5.40. The van der Waals surface area contributed by atoms with E-state index in [2.05, 4.69) is 16.8 Å². The third kappa shape index (κ3) is 4.41. The lowest BCUT2D eigenvalue weighted by Gasteiger charge is -2.38. The zero-order chi connectivity index (χ0) is 20.3. The number of ether oxygens (including phenoxy) is 1. The molecular formula is C21H28ClN3O3. The van der Waals surface area contributed by atoms with Crippen molar-refractivity contribution in [1.82, 2.24) is 14.4 Å². The smallest absolute Gasteiger partial charge is 0.259 e. The van der Waals surface area contributed by atoms with Gasteiger partial charge in [-0.1, -0.05) is 23.7 Å². The molecule has 0 amide bonds. The maximum absolute atomic E-state index is 13.4. The molecule has 2 aromatic rings. The second kappa shape index (κ2) is 9.09. The predicted octanol–water partition coefficient (Wildman–Crippen LogP) is 2.50. The number of pyridine rings is 1. The minimum absolute atomic E-state index is 0.0371. The summed E-state index contributed by atoms with van der Waals surface area (Å²) >= 11 is 6.08. The molecule has 28 heavy (non-hydrogen) atoms. The van der Waals surface area contributed by atoms with Crippen LogP contribution in [0.5, 0.6) is 5.75 Å². The minimum atomic E-state index is -0.326. The van der Waals surface area contributed by atoms with Crippen LogP contribution >= 0.6 is 11.6 Å². The topological polar surface area (TPSA) is 57.9 Å². The second-order valence-electron chi connectivity index (χ2n) is 7.33. The number of hydrogen-bond acceptors (Lipinski definition) is 5. The molecular weight excluding hydrogens is 378 g/mol. The van der Waals surface area contributed by atoms with Crippen LogP contribution in [0.3, 0.4) is 0 Å². The molecule has 1 aromatic heterocycles. The Morgan fingerprint density at radius 2 is 1.82 bits per heavy atom. The van der Waals surface area contributed by atoms with Crippen molar-refractivity contribution in [3.8, 4) is 5.75 Å². The molecule has 2 heterocycles. The number of nitrogens with zero attached hydrogens (tertiary/aromatic N) is 3. The Labute approximate surface area is 170 Å². The van der Waals surface area contributed by atoms with Crippen LogP contribution in [0.1, 0.15) is 22.9 Å². The van der Waals surface area contributed by atoms with Crippen LogP contribution in [-0.4, -0.2) is 66.4 Å². The summed E-state index contributed by atoms with van der Waals surface area (Å²) in [6.07, 6.45) is 0. The number of benzene rings is 1. The number of hydrogen-bond donors (Lipinski definition) is 1. The van der Waals surface area contributed by atoms with Gasteiger partial charge in [0.25, 0.3) is 5.56 Å². The van der Waals surface area contributed by atoms with Crippen LogP contribution in [0.25, 0.3) is 0 Å². The Morgan fingerprint density at radius 1 is 1.18 bits per heavy atom. The van der Waals surface area contributed by atoms with E-state index in [1.807, 2.05) is 31.2 Å². The van der Waals surface area contributed by atoms with Crippen LogP contribution in [0, 0.1) is 6.92 Å². The molecule has 1 saturated heterocycles. The van der Waals surface area contributed by atoms with Gasteiger partial charge in [-0.2, -0.15) is 0 Å². The molecule has 1 aromatic carbocycles. The van der Waals surface area contributed by atoms with Crippen LogP contribution in [0.4, 0.5) is 0 Å². The highest BCUT2D eigenvalue weighted by atomic mass is 35.5. The summed E-state index contributed by atoms with van der Waals surface area (Å²) in [6, 6.07) is 8.87. The Hall–Kier alpha value is -1.86. The SMILES string of the molecule is COCCn1c(C)cc(O)c([C@H](c2ccc(Cl)cc2)N2CCN(C)CC2)c1=O. The van der Waals surface area contributed by atoms with Crippen molar-refractivity contribution in [1.29, 1.82) is 0 Å². The van der Waals surface area contributed by atoms with E-state index in [4.69, 9.17) is 16.3 Å². The van der Waals surface area contributed by atoms with Gasteiger partial charge in [0.15, 0.2) is 0 Å². The van der Waals surface area contributed by atoms with E-state index in [0.29, 0.717) is 23.7 Å². The lowest BCUT2D eigenvalue weighted by molar-refractivity contribution is 0.125. The molecule has 0 unspecified atom stereocenters. The first-order valence-electron chi connectivity index (χ1n) is 9.52. The van der Waals surface area contributed by atoms with Gasteiger partial charge in [-0.05, 0) is 37.7 Å². The average Bonchev–Trinajstić information content (AvgIpc) is 2.67. The number of piperazine rings is 1. The number of methoxy groups -OCH3 is 1. The molecule has 1 aliphatic rings. The predicted molar refractivity (Wildman–Crippen MR) is 111 cm³/mol. The molecule has 1 N–H and O–H groups in total. The average molecular weight is 406 g/mol. The number of aryl methyl sites for hydroxylation is 1. The first kappa shape index (κ1) is 20.9. The molecule has 0 radical (unpaired) electrons. The highest BCUT2D eigenvalue weighted by Crippen LogP contribution is 2.33. The van der Waals surface area contributed by atoms with Crippen LogP contribution in [0.15, 0.2) is 35.1 Å². The van der Waals surface area contributed by atoms with Crippen molar-refractivity contribution in [3.05, 3.63) is 62.5 Å². The molecule has 0 aliphatic carbocycles. The van der Waals surface area contributed by atoms with E-state index >= 15 is 0 Å². The molecule has 3 rings (SSSR count). The molecule has 0 spiro atoms. The largest absolute Gasteiger partial charge is 0.507 e. The summed E-state index contributed by atoms with van der Waals surface area (Å²) in [4.78, 5) is 17.9. The summed E-state index contributed by atoms with van der Waals surface area (Å²) in [5.41, 5.74) is 1.90. The Morgan fingerprint density at radius 3 is 2.43 bits per heavy atom.